The summed E-state index contributed by atoms with van der Waals surface area (Å²) in [5.41, 5.74) is 11.5. The van der Waals surface area contributed by atoms with E-state index in [1.165, 1.54) is 0 Å². The minimum Gasteiger partial charge on any atom is -0.330 e. The molecular weight excluding hydrogens is 124 g/mol. The molecule has 0 saturated heterocycles. The van der Waals surface area contributed by atoms with Crippen LogP contribution in [-0.4, -0.2) is 13.1 Å². The number of hydrogen-bond donors (Lipinski definition) is 2. The first kappa shape index (κ1) is 7.76. The van der Waals surface area contributed by atoms with Gasteiger partial charge in [0.25, 0.3) is 0 Å². The zero-order valence-electron chi connectivity index (χ0n) is 6.34. The van der Waals surface area contributed by atoms with Crippen LogP contribution in [0.5, 0.6) is 0 Å². The van der Waals surface area contributed by atoms with Gasteiger partial charge >= 0.3 is 0 Å². The molecule has 0 aromatic carbocycles. The smallest absolute Gasteiger partial charge is 0.000534 e. The fourth-order valence-corrected chi connectivity index (χ4v) is 1.40. The third-order valence-electron chi connectivity index (χ3n) is 2.42. The molecular formula is C8H16N2. The van der Waals surface area contributed by atoms with Crippen LogP contribution in [0.15, 0.2) is 12.2 Å². The van der Waals surface area contributed by atoms with E-state index in [4.69, 9.17) is 11.5 Å². The fraction of sp³-hybridized carbons (Fsp3) is 0.750. The van der Waals surface area contributed by atoms with E-state index >= 15 is 0 Å². The zero-order chi connectivity index (χ0) is 7.45. The van der Waals surface area contributed by atoms with Gasteiger partial charge in [0.2, 0.25) is 0 Å². The molecule has 2 nitrogen and oxygen atoms in total. The molecule has 0 heterocycles. The van der Waals surface area contributed by atoms with Gasteiger partial charge in [-0.25, -0.2) is 0 Å². The molecule has 58 valence electrons. The van der Waals surface area contributed by atoms with Crippen molar-refractivity contribution in [3.05, 3.63) is 12.2 Å². The van der Waals surface area contributed by atoms with Crippen molar-refractivity contribution in [3.63, 3.8) is 0 Å². The first-order valence-corrected chi connectivity index (χ1v) is 3.88. The largest absolute Gasteiger partial charge is 0.330 e. The first-order chi connectivity index (χ1) is 4.83. The van der Waals surface area contributed by atoms with E-state index in [1.807, 2.05) is 0 Å². The lowest BCUT2D eigenvalue weighted by Crippen LogP contribution is -2.38. The van der Waals surface area contributed by atoms with Crippen LogP contribution in [0.25, 0.3) is 0 Å². The maximum Gasteiger partial charge on any atom is -0.000534 e. The highest BCUT2D eigenvalue weighted by Crippen LogP contribution is 2.29. The number of hydrogen-bond acceptors (Lipinski definition) is 2. The summed E-state index contributed by atoms with van der Waals surface area (Å²) in [4.78, 5) is 0. The van der Waals surface area contributed by atoms with Crippen molar-refractivity contribution in [1.29, 1.82) is 0 Å². The minimum atomic E-state index is 0.231. The molecule has 1 aliphatic rings. The van der Waals surface area contributed by atoms with Crippen molar-refractivity contribution in [1.82, 2.24) is 0 Å². The Bertz CT molecular complexity index is 125. The Labute approximate surface area is 62.3 Å². The number of allylic oxidation sites excluding steroid dienone is 2. The summed E-state index contributed by atoms with van der Waals surface area (Å²) in [6, 6.07) is 0. The Morgan fingerprint density at radius 3 is 2.20 bits per heavy atom. The molecule has 4 N–H and O–H groups in total. The molecule has 1 rings (SSSR count). The van der Waals surface area contributed by atoms with Crippen molar-refractivity contribution in [2.24, 2.45) is 16.9 Å². The minimum absolute atomic E-state index is 0.231. The summed E-state index contributed by atoms with van der Waals surface area (Å²) in [6.45, 7) is 1.46. The molecule has 0 amide bonds. The van der Waals surface area contributed by atoms with Gasteiger partial charge < -0.3 is 11.5 Å². The molecule has 2 heteroatoms. The third kappa shape index (κ3) is 1.39. The lowest BCUT2D eigenvalue weighted by atomic mass is 9.77. The van der Waals surface area contributed by atoms with Crippen molar-refractivity contribution < 1.29 is 0 Å². The van der Waals surface area contributed by atoms with Gasteiger partial charge in [-0.1, -0.05) is 12.2 Å². The summed E-state index contributed by atoms with van der Waals surface area (Å²) in [5, 5.41) is 0. The summed E-state index contributed by atoms with van der Waals surface area (Å²) >= 11 is 0. The molecule has 0 unspecified atom stereocenters. The Morgan fingerprint density at radius 2 is 1.90 bits per heavy atom. The molecule has 0 atom stereocenters. The van der Waals surface area contributed by atoms with Crippen molar-refractivity contribution >= 4 is 0 Å². The topological polar surface area (TPSA) is 52.0 Å². The second-order valence-corrected chi connectivity index (χ2v) is 3.12. The zero-order valence-corrected chi connectivity index (χ0v) is 6.34. The predicted octanol–water partition coefficient (Wildman–Crippen LogP) is 0.630. The lowest BCUT2D eigenvalue weighted by Gasteiger charge is -2.31. The summed E-state index contributed by atoms with van der Waals surface area (Å²) < 4.78 is 0. The van der Waals surface area contributed by atoms with Gasteiger partial charge in [-0.3, -0.25) is 0 Å². The van der Waals surface area contributed by atoms with Gasteiger partial charge in [0.05, 0.1) is 0 Å². The van der Waals surface area contributed by atoms with Gasteiger partial charge in [-0.2, -0.15) is 0 Å². The monoisotopic (exact) mass is 140 g/mol. The second kappa shape index (κ2) is 3.17. The fourth-order valence-electron chi connectivity index (χ4n) is 1.40. The van der Waals surface area contributed by atoms with E-state index in [0.29, 0.717) is 0 Å². The molecule has 0 saturated carbocycles. The van der Waals surface area contributed by atoms with Gasteiger partial charge in [-0.05, 0) is 37.8 Å². The molecule has 0 aliphatic heterocycles. The maximum atomic E-state index is 5.63. The van der Waals surface area contributed by atoms with Gasteiger partial charge in [0.1, 0.15) is 0 Å². The summed E-state index contributed by atoms with van der Waals surface area (Å²) in [5.74, 6) is 0. The van der Waals surface area contributed by atoms with Crippen LogP contribution in [0.3, 0.4) is 0 Å². The van der Waals surface area contributed by atoms with Gasteiger partial charge in [0, 0.05) is 0 Å². The normalized spacial score (nSPS) is 23.0. The van der Waals surface area contributed by atoms with Crippen LogP contribution in [0.1, 0.15) is 19.3 Å². The molecule has 1 aliphatic carbocycles. The standard InChI is InChI=1S/C8H16N2/c9-6-8(7-10)4-2-1-3-5-8/h1-2H,3-7,9-10H2. The molecule has 0 bridgehead atoms. The van der Waals surface area contributed by atoms with E-state index in [-0.39, 0.29) is 5.41 Å². The van der Waals surface area contributed by atoms with E-state index < -0.39 is 0 Å². The van der Waals surface area contributed by atoms with Crippen LogP contribution in [-0.2, 0) is 0 Å². The molecule has 0 fully saturated rings. The second-order valence-electron chi connectivity index (χ2n) is 3.12. The number of nitrogens with two attached hydrogens (primary N) is 2. The molecule has 0 radical (unpaired) electrons. The quantitative estimate of drug-likeness (QED) is 0.553. The molecule has 0 aromatic rings. The average Bonchev–Trinajstić information content (AvgIpc) is 2.06. The highest BCUT2D eigenvalue weighted by molar-refractivity contribution is 4.98. The number of rotatable bonds is 2. The van der Waals surface area contributed by atoms with Crippen LogP contribution >= 0.6 is 0 Å². The van der Waals surface area contributed by atoms with Crippen molar-refractivity contribution in [2.75, 3.05) is 13.1 Å². The Morgan fingerprint density at radius 1 is 1.20 bits per heavy atom. The average molecular weight is 140 g/mol. The molecule has 0 spiro atoms. The SMILES string of the molecule is NCC1(CN)CC=CCC1. The van der Waals surface area contributed by atoms with Crippen LogP contribution in [0, 0.1) is 5.41 Å². The van der Waals surface area contributed by atoms with E-state index in [9.17, 15) is 0 Å². The van der Waals surface area contributed by atoms with Crippen molar-refractivity contribution in [2.45, 2.75) is 19.3 Å². The van der Waals surface area contributed by atoms with E-state index in [0.717, 1.165) is 32.4 Å². The van der Waals surface area contributed by atoms with Crippen LogP contribution in [0.2, 0.25) is 0 Å². The van der Waals surface area contributed by atoms with E-state index in [1.54, 1.807) is 0 Å². The summed E-state index contributed by atoms with van der Waals surface area (Å²) in [6.07, 6.45) is 7.79. The highest BCUT2D eigenvalue weighted by atomic mass is 14.7. The van der Waals surface area contributed by atoms with Crippen LogP contribution in [0.4, 0.5) is 0 Å². The van der Waals surface area contributed by atoms with Crippen LogP contribution < -0.4 is 11.5 Å². The Kier molecular flexibility index (Phi) is 2.46. The maximum absolute atomic E-state index is 5.63. The van der Waals surface area contributed by atoms with Crippen molar-refractivity contribution in [3.8, 4) is 0 Å². The summed E-state index contributed by atoms with van der Waals surface area (Å²) in [7, 11) is 0. The first-order valence-electron chi connectivity index (χ1n) is 3.88. The van der Waals surface area contributed by atoms with E-state index in [2.05, 4.69) is 12.2 Å². The van der Waals surface area contributed by atoms with Gasteiger partial charge in [0.15, 0.2) is 0 Å². The molecule has 10 heavy (non-hydrogen) atoms. The predicted molar refractivity (Wildman–Crippen MR) is 43.5 cm³/mol. The Balaban J connectivity index is 2.55. The van der Waals surface area contributed by atoms with Gasteiger partial charge in [-0.15, -0.1) is 0 Å². The highest BCUT2D eigenvalue weighted by Gasteiger charge is 2.26. The molecule has 0 aromatic heterocycles. The Hall–Kier alpha value is -0.340. The lowest BCUT2D eigenvalue weighted by molar-refractivity contribution is 0.280. The third-order valence-corrected chi connectivity index (χ3v) is 2.42.